The summed E-state index contributed by atoms with van der Waals surface area (Å²) in [6.07, 6.45) is 0. The Morgan fingerprint density at radius 1 is 1.79 bits per heavy atom. The van der Waals surface area contributed by atoms with Gasteiger partial charge in [-0.3, -0.25) is 4.79 Å². The minimum atomic E-state index is -0.121. The van der Waals surface area contributed by atoms with Crippen LogP contribution in [-0.2, 0) is 0 Å². The topological polar surface area (TPSA) is 64.3 Å². The highest BCUT2D eigenvalue weighted by atomic mass is 79.9. The lowest BCUT2D eigenvalue weighted by molar-refractivity contribution is 0.0958. The first-order valence-electron chi connectivity index (χ1n) is 4.00. The Kier molecular flexibility index (Phi) is 4.37. The fourth-order valence-electron chi connectivity index (χ4n) is 0.876. The van der Waals surface area contributed by atoms with Gasteiger partial charge in [-0.1, -0.05) is 0 Å². The molecule has 0 saturated heterocycles. The summed E-state index contributed by atoms with van der Waals surface area (Å²) in [7, 11) is 1.56. The number of hydrogen-bond donors (Lipinski definition) is 2. The zero-order valence-electron chi connectivity index (χ0n) is 7.67. The summed E-state index contributed by atoms with van der Waals surface area (Å²) in [4.78, 5) is 12.1. The predicted octanol–water partition coefficient (Wildman–Crippen LogP) is 1.21. The van der Waals surface area contributed by atoms with Gasteiger partial charge < -0.3 is 15.8 Å². The van der Waals surface area contributed by atoms with Gasteiger partial charge in [0.2, 0.25) is 0 Å². The van der Waals surface area contributed by atoms with Gasteiger partial charge in [0, 0.05) is 19.2 Å². The number of carbonyl (C=O) groups is 1. The first-order valence-corrected chi connectivity index (χ1v) is 5.61. The number of rotatable bonds is 4. The number of methoxy groups -OCH3 is 1. The van der Waals surface area contributed by atoms with Gasteiger partial charge in [0.05, 0.1) is 12.0 Å². The van der Waals surface area contributed by atoms with Crippen molar-refractivity contribution >= 4 is 33.2 Å². The molecule has 3 N–H and O–H groups in total. The second kappa shape index (κ2) is 5.33. The lowest BCUT2D eigenvalue weighted by atomic mass is 10.4. The number of nitrogens with one attached hydrogen (secondary N) is 1. The van der Waals surface area contributed by atoms with E-state index in [1.54, 1.807) is 13.2 Å². The van der Waals surface area contributed by atoms with E-state index in [0.717, 1.165) is 3.79 Å². The molecule has 1 heterocycles. The Morgan fingerprint density at radius 3 is 3.00 bits per heavy atom. The van der Waals surface area contributed by atoms with Crippen molar-refractivity contribution in [1.82, 2.24) is 5.32 Å². The van der Waals surface area contributed by atoms with Crippen molar-refractivity contribution in [2.75, 3.05) is 20.2 Å². The molecule has 1 amide bonds. The number of nitrogens with two attached hydrogens (primary N) is 1. The minimum absolute atomic E-state index is 0.121. The Balaban J connectivity index is 2.70. The summed E-state index contributed by atoms with van der Waals surface area (Å²) in [5.74, 6) is 0.553. The number of thiophene rings is 1. The number of halogens is 1. The molecule has 0 aromatic carbocycles. The third-order valence-electron chi connectivity index (χ3n) is 1.53. The van der Waals surface area contributed by atoms with Crippen LogP contribution >= 0.6 is 27.3 Å². The average Bonchev–Trinajstić information content (AvgIpc) is 2.56. The Morgan fingerprint density at radius 2 is 2.50 bits per heavy atom. The van der Waals surface area contributed by atoms with Crippen molar-refractivity contribution in [2.45, 2.75) is 0 Å². The molecule has 1 rings (SSSR count). The molecule has 0 atom stereocenters. The molecule has 0 aliphatic heterocycles. The number of ether oxygens (including phenoxy) is 1. The van der Waals surface area contributed by atoms with Gasteiger partial charge in [0.1, 0.15) is 9.54 Å². The van der Waals surface area contributed by atoms with E-state index in [-0.39, 0.29) is 5.91 Å². The summed E-state index contributed by atoms with van der Waals surface area (Å²) >= 11 is 4.64. The smallest absolute Gasteiger partial charge is 0.261 e. The van der Waals surface area contributed by atoms with Crippen LogP contribution in [0.3, 0.4) is 0 Å². The monoisotopic (exact) mass is 278 g/mol. The molecular formula is C8H11BrN2O2S. The van der Waals surface area contributed by atoms with E-state index in [1.165, 1.54) is 11.3 Å². The Bertz CT molecular complexity index is 327. The van der Waals surface area contributed by atoms with Gasteiger partial charge in [0.25, 0.3) is 5.91 Å². The van der Waals surface area contributed by atoms with Crippen LogP contribution in [0.4, 0.5) is 0 Å². The van der Waals surface area contributed by atoms with Crippen LogP contribution in [-0.4, -0.2) is 26.1 Å². The SMILES string of the molecule is COc1cc(C(=O)NCCN)sc1Br. The third kappa shape index (κ3) is 2.70. The van der Waals surface area contributed by atoms with Crippen molar-refractivity contribution in [3.8, 4) is 5.75 Å². The first-order chi connectivity index (χ1) is 6.69. The number of amides is 1. The molecule has 4 nitrogen and oxygen atoms in total. The fraction of sp³-hybridized carbons (Fsp3) is 0.375. The molecule has 0 bridgehead atoms. The van der Waals surface area contributed by atoms with Crippen LogP contribution in [0, 0.1) is 0 Å². The molecule has 0 spiro atoms. The van der Waals surface area contributed by atoms with Gasteiger partial charge in [0.15, 0.2) is 0 Å². The lowest BCUT2D eigenvalue weighted by Gasteiger charge is -1.98. The van der Waals surface area contributed by atoms with E-state index < -0.39 is 0 Å². The predicted molar refractivity (Wildman–Crippen MR) is 60.0 cm³/mol. The Labute approximate surface area is 94.6 Å². The van der Waals surface area contributed by atoms with E-state index in [9.17, 15) is 4.79 Å². The second-order valence-corrected chi connectivity index (χ2v) is 4.87. The van der Waals surface area contributed by atoms with Crippen LogP contribution < -0.4 is 15.8 Å². The summed E-state index contributed by atoms with van der Waals surface area (Å²) in [6, 6.07) is 1.70. The van der Waals surface area contributed by atoms with Gasteiger partial charge in [-0.15, -0.1) is 11.3 Å². The van der Waals surface area contributed by atoms with Crippen molar-refractivity contribution in [3.63, 3.8) is 0 Å². The van der Waals surface area contributed by atoms with E-state index in [2.05, 4.69) is 21.2 Å². The molecule has 14 heavy (non-hydrogen) atoms. The van der Waals surface area contributed by atoms with E-state index in [1.807, 2.05) is 0 Å². The van der Waals surface area contributed by atoms with Crippen LogP contribution in [0.25, 0.3) is 0 Å². The molecule has 6 heteroatoms. The van der Waals surface area contributed by atoms with Gasteiger partial charge in [-0.05, 0) is 15.9 Å². The van der Waals surface area contributed by atoms with E-state index in [4.69, 9.17) is 10.5 Å². The maximum absolute atomic E-state index is 11.5. The highest BCUT2D eigenvalue weighted by Gasteiger charge is 2.12. The average molecular weight is 279 g/mol. The zero-order chi connectivity index (χ0) is 10.6. The molecule has 0 fully saturated rings. The standard InChI is InChI=1S/C8H11BrN2O2S/c1-13-5-4-6(14-7(5)9)8(12)11-3-2-10/h4H,2-3,10H2,1H3,(H,11,12). The van der Waals surface area contributed by atoms with Crippen LogP contribution in [0.1, 0.15) is 9.67 Å². The van der Waals surface area contributed by atoms with Crippen molar-refractivity contribution in [2.24, 2.45) is 5.73 Å². The number of carbonyl (C=O) groups excluding carboxylic acids is 1. The maximum Gasteiger partial charge on any atom is 0.261 e. The molecule has 0 unspecified atom stereocenters. The van der Waals surface area contributed by atoms with Crippen LogP contribution in [0.2, 0.25) is 0 Å². The summed E-state index contributed by atoms with van der Waals surface area (Å²) in [6.45, 7) is 0.923. The van der Waals surface area contributed by atoms with Crippen LogP contribution in [0.15, 0.2) is 9.85 Å². The molecular weight excluding hydrogens is 268 g/mol. The highest BCUT2D eigenvalue weighted by Crippen LogP contribution is 2.34. The molecule has 0 radical (unpaired) electrons. The lowest BCUT2D eigenvalue weighted by Crippen LogP contribution is -2.28. The first kappa shape index (κ1) is 11.5. The molecule has 1 aromatic heterocycles. The normalized spacial score (nSPS) is 9.93. The molecule has 0 saturated carbocycles. The van der Waals surface area contributed by atoms with Gasteiger partial charge in [-0.2, -0.15) is 0 Å². The number of hydrogen-bond acceptors (Lipinski definition) is 4. The van der Waals surface area contributed by atoms with Crippen molar-refractivity contribution < 1.29 is 9.53 Å². The van der Waals surface area contributed by atoms with Crippen molar-refractivity contribution in [3.05, 3.63) is 14.7 Å². The summed E-state index contributed by atoms with van der Waals surface area (Å²) in [5.41, 5.74) is 5.27. The van der Waals surface area contributed by atoms with Crippen molar-refractivity contribution in [1.29, 1.82) is 0 Å². The van der Waals surface area contributed by atoms with E-state index >= 15 is 0 Å². The van der Waals surface area contributed by atoms with Crippen LogP contribution in [0.5, 0.6) is 5.75 Å². The fourth-order valence-corrected chi connectivity index (χ4v) is 2.44. The molecule has 1 aromatic rings. The molecule has 0 aliphatic rings. The summed E-state index contributed by atoms with van der Waals surface area (Å²) in [5, 5.41) is 2.68. The Hall–Kier alpha value is -0.590. The summed E-state index contributed by atoms with van der Waals surface area (Å²) < 4.78 is 5.86. The third-order valence-corrected chi connectivity index (χ3v) is 3.31. The van der Waals surface area contributed by atoms with Gasteiger partial charge in [-0.25, -0.2) is 0 Å². The molecule has 78 valence electrons. The highest BCUT2D eigenvalue weighted by molar-refractivity contribution is 9.11. The van der Waals surface area contributed by atoms with Gasteiger partial charge >= 0.3 is 0 Å². The molecule has 0 aliphatic carbocycles. The zero-order valence-corrected chi connectivity index (χ0v) is 10.1. The largest absolute Gasteiger partial charge is 0.495 e. The second-order valence-electron chi connectivity index (χ2n) is 2.50. The van der Waals surface area contributed by atoms with E-state index in [0.29, 0.717) is 23.7 Å². The maximum atomic E-state index is 11.5. The quantitative estimate of drug-likeness (QED) is 0.870. The minimum Gasteiger partial charge on any atom is -0.495 e.